The molecule has 0 bridgehead atoms. The molecular weight excluding hydrogens is 546 g/mol. The Labute approximate surface area is 259 Å². The zero-order valence-corrected chi connectivity index (χ0v) is 25.2. The SMILES string of the molecule is CCCCN(CC(=O)N1c2ccccc2-n2cccc2C1c1ccc(OC)cc1)C(=O)C(c1ccccc1)c1ccccc1. The van der Waals surface area contributed by atoms with Gasteiger partial charge in [-0.15, -0.1) is 0 Å². The zero-order chi connectivity index (χ0) is 30.5. The first-order valence-electron chi connectivity index (χ1n) is 15.2. The van der Waals surface area contributed by atoms with Crippen molar-refractivity contribution in [2.24, 2.45) is 0 Å². The summed E-state index contributed by atoms with van der Waals surface area (Å²) in [6.45, 7) is 2.57. The quantitative estimate of drug-likeness (QED) is 0.172. The van der Waals surface area contributed by atoms with Crippen LogP contribution in [0.3, 0.4) is 0 Å². The molecule has 0 radical (unpaired) electrons. The topological polar surface area (TPSA) is 54.8 Å². The Balaban J connectivity index is 1.40. The second-order valence-corrected chi connectivity index (χ2v) is 11.1. The van der Waals surface area contributed by atoms with E-state index in [1.54, 1.807) is 12.0 Å². The summed E-state index contributed by atoms with van der Waals surface area (Å²) in [5, 5.41) is 0. The van der Waals surface area contributed by atoms with Crippen LogP contribution < -0.4 is 9.64 Å². The fourth-order valence-corrected chi connectivity index (χ4v) is 6.17. The number of anilines is 1. The third kappa shape index (κ3) is 5.63. The van der Waals surface area contributed by atoms with Crippen LogP contribution in [0.4, 0.5) is 5.69 Å². The first kappa shape index (κ1) is 29.0. The lowest BCUT2D eigenvalue weighted by atomic mass is 9.90. The smallest absolute Gasteiger partial charge is 0.247 e. The number of fused-ring (bicyclic) bond motifs is 3. The van der Waals surface area contributed by atoms with Crippen LogP contribution in [0, 0.1) is 0 Å². The van der Waals surface area contributed by atoms with Gasteiger partial charge in [-0.2, -0.15) is 0 Å². The number of para-hydroxylation sites is 2. The van der Waals surface area contributed by atoms with Crippen molar-refractivity contribution in [3.05, 3.63) is 150 Å². The van der Waals surface area contributed by atoms with Crippen LogP contribution in [0.1, 0.15) is 54.1 Å². The molecule has 1 atom stereocenters. The molecule has 0 aliphatic carbocycles. The Morgan fingerprint density at radius 3 is 2.00 bits per heavy atom. The van der Waals surface area contributed by atoms with Gasteiger partial charge in [0.15, 0.2) is 0 Å². The Morgan fingerprint density at radius 1 is 0.773 bits per heavy atom. The minimum Gasteiger partial charge on any atom is -0.497 e. The van der Waals surface area contributed by atoms with Crippen molar-refractivity contribution in [2.45, 2.75) is 31.7 Å². The Hall–Kier alpha value is -5.10. The molecule has 6 nitrogen and oxygen atoms in total. The molecular formula is C38H37N3O3. The average Bonchev–Trinajstić information content (AvgIpc) is 3.57. The lowest BCUT2D eigenvalue weighted by Crippen LogP contribution is -2.48. The molecule has 1 aliphatic rings. The molecule has 222 valence electrons. The second kappa shape index (κ2) is 13.0. The third-order valence-electron chi connectivity index (χ3n) is 8.35. The van der Waals surface area contributed by atoms with Crippen molar-refractivity contribution >= 4 is 17.5 Å². The van der Waals surface area contributed by atoms with Crippen LogP contribution >= 0.6 is 0 Å². The molecule has 4 aromatic carbocycles. The summed E-state index contributed by atoms with van der Waals surface area (Å²) in [5.74, 6) is 0.0432. The van der Waals surface area contributed by atoms with Gasteiger partial charge in [0.25, 0.3) is 0 Å². The van der Waals surface area contributed by atoms with Crippen molar-refractivity contribution in [2.75, 3.05) is 25.1 Å². The normalized spacial score (nSPS) is 13.7. The number of carbonyl (C=O) groups is 2. The number of hydrogen-bond acceptors (Lipinski definition) is 3. The van der Waals surface area contributed by atoms with E-state index in [1.165, 1.54) is 0 Å². The molecule has 0 spiro atoms. The van der Waals surface area contributed by atoms with E-state index >= 15 is 0 Å². The van der Waals surface area contributed by atoms with Gasteiger partial charge in [0.05, 0.1) is 30.1 Å². The van der Waals surface area contributed by atoms with E-state index in [2.05, 4.69) is 17.6 Å². The first-order chi connectivity index (χ1) is 21.6. The minimum absolute atomic E-state index is 0.0311. The zero-order valence-electron chi connectivity index (χ0n) is 25.2. The van der Waals surface area contributed by atoms with Crippen LogP contribution in [0.5, 0.6) is 5.75 Å². The maximum absolute atomic E-state index is 14.7. The van der Waals surface area contributed by atoms with Crippen LogP contribution in [-0.4, -0.2) is 41.5 Å². The molecule has 2 amide bonds. The van der Waals surface area contributed by atoms with Gasteiger partial charge >= 0.3 is 0 Å². The predicted octanol–water partition coefficient (Wildman–Crippen LogP) is 7.38. The van der Waals surface area contributed by atoms with Crippen LogP contribution in [0.25, 0.3) is 5.69 Å². The number of ether oxygens (including phenoxy) is 1. The highest BCUT2D eigenvalue weighted by Crippen LogP contribution is 2.42. The van der Waals surface area contributed by atoms with Gasteiger partial charge in [0, 0.05) is 12.7 Å². The maximum atomic E-state index is 14.7. The standard InChI is InChI=1S/C38H37N3O3/c1-3-4-25-39(38(43)36(28-14-7-5-8-15-28)29-16-9-6-10-17-29)27-35(42)41-33-19-12-11-18-32(33)40-26-13-20-34(40)37(41)30-21-23-31(44-2)24-22-30/h5-24,26,36-37H,3-4,25,27H2,1-2H3. The van der Waals surface area contributed by atoms with Gasteiger partial charge < -0.3 is 14.2 Å². The lowest BCUT2D eigenvalue weighted by molar-refractivity contribution is -0.136. The van der Waals surface area contributed by atoms with Gasteiger partial charge in [-0.05, 0) is 59.5 Å². The number of carbonyl (C=O) groups excluding carboxylic acids is 2. The number of hydrogen-bond donors (Lipinski definition) is 0. The molecule has 6 heteroatoms. The molecule has 1 aromatic heterocycles. The van der Waals surface area contributed by atoms with Crippen LogP contribution in [0.15, 0.2) is 128 Å². The summed E-state index contributed by atoms with van der Waals surface area (Å²) in [4.78, 5) is 32.8. The molecule has 0 N–H and O–H groups in total. The number of aromatic nitrogens is 1. The van der Waals surface area contributed by atoms with Crippen molar-refractivity contribution in [1.29, 1.82) is 0 Å². The summed E-state index contributed by atoms with van der Waals surface area (Å²) in [7, 11) is 1.65. The number of benzene rings is 4. The average molecular weight is 584 g/mol. The number of methoxy groups -OCH3 is 1. The molecule has 1 aliphatic heterocycles. The minimum atomic E-state index is -0.509. The fourth-order valence-electron chi connectivity index (χ4n) is 6.17. The van der Waals surface area contributed by atoms with E-state index in [0.29, 0.717) is 6.54 Å². The van der Waals surface area contributed by atoms with Gasteiger partial charge in [0.1, 0.15) is 18.3 Å². The number of rotatable bonds is 10. The van der Waals surface area contributed by atoms with Crippen LogP contribution in [-0.2, 0) is 9.59 Å². The van der Waals surface area contributed by atoms with Gasteiger partial charge in [-0.3, -0.25) is 14.5 Å². The number of amides is 2. The fraction of sp³-hybridized carbons (Fsp3) is 0.211. The molecule has 0 fully saturated rings. The van der Waals surface area contributed by atoms with Crippen molar-refractivity contribution in [3.63, 3.8) is 0 Å². The second-order valence-electron chi connectivity index (χ2n) is 11.1. The third-order valence-corrected chi connectivity index (χ3v) is 8.35. The highest BCUT2D eigenvalue weighted by atomic mass is 16.5. The Bertz CT molecular complexity index is 1670. The van der Waals surface area contributed by atoms with E-state index in [4.69, 9.17) is 4.74 Å². The van der Waals surface area contributed by atoms with E-state index < -0.39 is 5.92 Å². The van der Waals surface area contributed by atoms with Gasteiger partial charge in [0.2, 0.25) is 11.8 Å². The Kier molecular flexibility index (Phi) is 8.59. The maximum Gasteiger partial charge on any atom is 0.247 e. The molecule has 5 aromatic rings. The molecule has 2 heterocycles. The van der Waals surface area contributed by atoms with Crippen molar-refractivity contribution < 1.29 is 14.3 Å². The molecule has 0 saturated heterocycles. The molecule has 44 heavy (non-hydrogen) atoms. The van der Waals surface area contributed by atoms with E-state index in [-0.39, 0.29) is 24.4 Å². The highest BCUT2D eigenvalue weighted by molar-refractivity contribution is 6.01. The summed E-state index contributed by atoms with van der Waals surface area (Å²) in [5.41, 5.74) is 5.52. The molecule has 0 saturated carbocycles. The van der Waals surface area contributed by atoms with Gasteiger partial charge in [-0.1, -0.05) is 98.3 Å². The summed E-state index contributed by atoms with van der Waals surface area (Å²) in [6, 6.07) is 39.2. The lowest BCUT2D eigenvalue weighted by Gasteiger charge is -2.40. The monoisotopic (exact) mass is 583 g/mol. The van der Waals surface area contributed by atoms with E-state index in [9.17, 15) is 9.59 Å². The number of unbranched alkanes of at least 4 members (excludes halogenated alkanes) is 1. The van der Waals surface area contributed by atoms with Crippen molar-refractivity contribution in [3.8, 4) is 11.4 Å². The van der Waals surface area contributed by atoms with Gasteiger partial charge in [-0.25, -0.2) is 0 Å². The first-order valence-corrected chi connectivity index (χ1v) is 15.2. The Morgan fingerprint density at radius 2 is 1.39 bits per heavy atom. The van der Waals surface area contributed by atoms with Crippen molar-refractivity contribution in [1.82, 2.24) is 9.47 Å². The molecule has 1 unspecified atom stereocenters. The largest absolute Gasteiger partial charge is 0.497 e. The van der Waals surface area contributed by atoms with E-state index in [0.717, 1.165) is 52.4 Å². The summed E-state index contributed by atoms with van der Waals surface area (Å²) >= 11 is 0. The predicted molar refractivity (Wildman–Crippen MR) is 174 cm³/mol. The van der Waals surface area contributed by atoms with Crippen LogP contribution in [0.2, 0.25) is 0 Å². The number of nitrogens with zero attached hydrogens (tertiary/aromatic N) is 3. The summed E-state index contributed by atoms with van der Waals surface area (Å²) in [6.07, 6.45) is 3.75. The van der Waals surface area contributed by atoms with E-state index in [1.807, 2.05) is 126 Å². The highest BCUT2D eigenvalue weighted by Gasteiger charge is 2.38. The molecule has 6 rings (SSSR count). The summed E-state index contributed by atoms with van der Waals surface area (Å²) < 4.78 is 7.57.